The fourth-order valence-electron chi connectivity index (χ4n) is 8.65. The van der Waals surface area contributed by atoms with Crippen LogP contribution in [-0.4, -0.2) is 9.97 Å². The van der Waals surface area contributed by atoms with E-state index in [1.165, 1.54) is 70.6 Å². The fraction of sp³-hybridized carbons (Fsp3) is 0. The molecule has 56 heavy (non-hydrogen) atoms. The minimum Gasteiger partial charge on any atom is -0.252 e. The zero-order valence-electron chi connectivity index (χ0n) is 30.5. The third kappa shape index (κ3) is 5.26. The Morgan fingerprint density at radius 1 is 0.286 bits per heavy atom. The minimum atomic E-state index is 0.849. The van der Waals surface area contributed by atoms with Crippen molar-refractivity contribution in [1.82, 2.24) is 9.97 Å². The van der Waals surface area contributed by atoms with Gasteiger partial charge in [-0.05, 0) is 82.2 Å². The molecule has 0 radical (unpaired) electrons. The van der Waals surface area contributed by atoms with Crippen molar-refractivity contribution in [3.05, 3.63) is 206 Å². The second-order valence-corrected chi connectivity index (χ2v) is 14.5. The van der Waals surface area contributed by atoms with Crippen LogP contribution in [0.4, 0.5) is 0 Å². The lowest BCUT2D eigenvalue weighted by molar-refractivity contribution is 1.21. The molecule has 260 valence electrons. The lowest BCUT2D eigenvalue weighted by Gasteiger charge is -2.17. The highest BCUT2D eigenvalue weighted by Gasteiger charge is 2.17. The van der Waals surface area contributed by atoms with Crippen LogP contribution in [-0.2, 0) is 0 Å². The molecule has 0 saturated heterocycles. The van der Waals surface area contributed by atoms with Crippen LogP contribution in [0.15, 0.2) is 206 Å². The largest absolute Gasteiger partial charge is 0.252 e. The van der Waals surface area contributed by atoms with Gasteiger partial charge in [-0.3, -0.25) is 4.98 Å². The van der Waals surface area contributed by atoms with Crippen LogP contribution in [0, 0.1) is 0 Å². The predicted octanol–water partition coefficient (Wildman–Crippen LogP) is 14.6. The van der Waals surface area contributed by atoms with Crippen molar-refractivity contribution in [1.29, 1.82) is 0 Å². The van der Waals surface area contributed by atoms with Gasteiger partial charge in [0.1, 0.15) is 0 Å². The summed E-state index contributed by atoms with van der Waals surface area (Å²) in [5, 5.41) is 12.8. The Morgan fingerprint density at radius 3 is 1.34 bits per heavy atom. The molecule has 1 aromatic heterocycles. The van der Waals surface area contributed by atoms with Crippen molar-refractivity contribution in [3.63, 3.8) is 0 Å². The maximum atomic E-state index is 5.17. The number of hydrogen-bond donors (Lipinski definition) is 0. The number of nitrogens with zero attached hydrogens (tertiary/aromatic N) is 2. The molecule has 2 nitrogen and oxygen atoms in total. The van der Waals surface area contributed by atoms with Crippen molar-refractivity contribution >= 4 is 53.9 Å². The monoisotopic (exact) mass is 710 g/mol. The van der Waals surface area contributed by atoms with Gasteiger partial charge in [-0.2, -0.15) is 0 Å². The Morgan fingerprint density at radius 2 is 0.732 bits per heavy atom. The molecule has 11 rings (SSSR count). The van der Waals surface area contributed by atoms with Gasteiger partial charge in [-0.25, -0.2) is 4.98 Å². The molecule has 0 fully saturated rings. The summed E-state index contributed by atoms with van der Waals surface area (Å²) in [6.45, 7) is 0. The summed E-state index contributed by atoms with van der Waals surface area (Å²) in [5.41, 5.74) is 10.5. The van der Waals surface area contributed by atoms with Crippen LogP contribution >= 0.6 is 0 Å². The fourth-order valence-corrected chi connectivity index (χ4v) is 8.65. The number of aromatic nitrogens is 2. The maximum Gasteiger partial charge on any atom is 0.0972 e. The van der Waals surface area contributed by atoms with Crippen LogP contribution in [0.1, 0.15) is 0 Å². The highest BCUT2D eigenvalue weighted by Crippen LogP contribution is 2.44. The van der Waals surface area contributed by atoms with Crippen molar-refractivity contribution in [3.8, 4) is 56.0 Å². The van der Waals surface area contributed by atoms with Crippen LogP contribution < -0.4 is 0 Å². The molecule has 0 saturated carbocycles. The Balaban J connectivity index is 0.999. The molecule has 11 aromatic rings. The number of fused-ring (bicyclic) bond motifs is 5. The van der Waals surface area contributed by atoms with Gasteiger partial charge in [-0.1, -0.05) is 194 Å². The summed E-state index contributed by atoms with van der Waals surface area (Å²) >= 11 is 0. The Labute approximate surface area is 325 Å². The normalized spacial score (nSPS) is 11.6. The van der Waals surface area contributed by atoms with Crippen LogP contribution in [0.5, 0.6) is 0 Å². The van der Waals surface area contributed by atoms with Crippen molar-refractivity contribution in [2.45, 2.75) is 0 Å². The van der Waals surface area contributed by atoms with E-state index in [0.29, 0.717) is 0 Å². The second kappa shape index (κ2) is 13.2. The SMILES string of the molecule is c1ccc(-c2ncc(-c3ccc(-c4ccc(-c5cc6cccc7c8ccccc8c8ccccc8c8cccc5c8c67)cc4)cc3)nc2-c2ccccc2)cc1. The molecule has 0 unspecified atom stereocenters. The van der Waals surface area contributed by atoms with E-state index in [9.17, 15) is 0 Å². The third-order valence-corrected chi connectivity index (χ3v) is 11.3. The molecule has 0 atom stereocenters. The topological polar surface area (TPSA) is 25.8 Å². The molecule has 0 spiro atoms. The van der Waals surface area contributed by atoms with Gasteiger partial charge >= 0.3 is 0 Å². The summed E-state index contributed by atoms with van der Waals surface area (Å²) in [6, 6.07) is 72.0. The molecule has 0 bridgehead atoms. The summed E-state index contributed by atoms with van der Waals surface area (Å²) in [7, 11) is 0. The van der Waals surface area contributed by atoms with Gasteiger partial charge in [-0.15, -0.1) is 0 Å². The first-order valence-electron chi connectivity index (χ1n) is 19.2. The molecule has 0 N–H and O–H groups in total. The number of rotatable bonds is 5. The van der Waals surface area contributed by atoms with Gasteiger partial charge < -0.3 is 0 Å². The molecule has 0 aliphatic heterocycles. The Kier molecular flexibility index (Phi) is 7.53. The van der Waals surface area contributed by atoms with E-state index in [4.69, 9.17) is 9.97 Å². The highest BCUT2D eigenvalue weighted by atomic mass is 14.8. The molecule has 10 aromatic carbocycles. The second-order valence-electron chi connectivity index (χ2n) is 14.5. The van der Waals surface area contributed by atoms with Crippen molar-refractivity contribution < 1.29 is 0 Å². The van der Waals surface area contributed by atoms with Gasteiger partial charge in [0.05, 0.1) is 23.3 Å². The van der Waals surface area contributed by atoms with E-state index in [0.717, 1.165) is 39.3 Å². The van der Waals surface area contributed by atoms with Crippen molar-refractivity contribution in [2.24, 2.45) is 0 Å². The summed E-state index contributed by atoms with van der Waals surface area (Å²) in [4.78, 5) is 10.1. The first-order chi connectivity index (χ1) is 27.8. The van der Waals surface area contributed by atoms with E-state index in [2.05, 4.69) is 164 Å². The lowest BCUT2D eigenvalue weighted by atomic mass is 9.87. The first kappa shape index (κ1) is 32.0. The Bertz CT molecular complexity index is 3260. The van der Waals surface area contributed by atoms with Crippen LogP contribution in [0.3, 0.4) is 0 Å². The van der Waals surface area contributed by atoms with Crippen molar-refractivity contribution in [2.75, 3.05) is 0 Å². The molecular formula is C54H34N2. The van der Waals surface area contributed by atoms with E-state index in [1.54, 1.807) is 0 Å². The summed E-state index contributed by atoms with van der Waals surface area (Å²) < 4.78 is 0. The van der Waals surface area contributed by atoms with Gasteiger partial charge in [0.15, 0.2) is 0 Å². The molecule has 0 aliphatic rings. The van der Waals surface area contributed by atoms with E-state index in [-0.39, 0.29) is 0 Å². The first-order valence-corrected chi connectivity index (χ1v) is 19.2. The zero-order valence-corrected chi connectivity index (χ0v) is 30.5. The highest BCUT2D eigenvalue weighted by molar-refractivity contribution is 6.34. The molecule has 1 heterocycles. The van der Waals surface area contributed by atoms with Gasteiger partial charge in [0, 0.05) is 16.7 Å². The quantitative estimate of drug-likeness (QED) is 0.166. The average Bonchev–Trinajstić information content (AvgIpc) is 3.28. The smallest absolute Gasteiger partial charge is 0.0972 e. The zero-order chi connectivity index (χ0) is 37.0. The Hall–Kier alpha value is -7.42. The number of hydrogen-bond acceptors (Lipinski definition) is 2. The average molecular weight is 711 g/mol. The van der Waals surface area contributed by atoms with Crippen LogP contribution in [0.25, 0.3) is 110 Å². The molecule has 0 aliphatic carbocycles. The van der Waals surface area contributed by atoms with E-state index in [1.807, 2.05) is 42.6 Å². The lowest BCUT2D eigenvalue weighted by Crippen LogP contribution is -1.96. The van der Waals surface area contributed by atoms with E-state index < -0.39 is 0 Å². The predicted molar refractivity (Wildman–Crippen MR) is 237 cm³/mol. The molecule has 0 amide bonds. The summed E-state index contributed by atoms with van der Waals surface area (Å²) in [5.74, 6) is 0. The minimum absolute atomic E-state index is 0.849. The number of benzene rings is 9. The van der Waals surface area contributed by atoms with Gasteiger partial charge in [0.25, 0.3) is 0 Å². The van der Waals surface area contributed by atoms with E-state index >= 15 is 0 Å². The third-order valence-electron chi connectivity index (χ3n) is 11.3. The maximum absolute atomic E-state index is 5.17. The molecule has 2 heteroatoms. The van der Waals surface area contributed by atoms with Crippen LogP contribution in [0.2, 0.25) is 0 Å². The summed E-state index contributed by atoms with van der Waals surface area (Å²) in [6.07, 6.45) is 1.89. The standard InChI is InChI=1S/C54H34N2/c1-3-13-39(14-4-1)53-54(40-15-5-2-6-16-40)56-50(34-55-53)38-31-27-36(28-32-38)35-25-29-37(30-26-35)49-33-41-17-11-22-46-44-20-9-7-18-42(44)43-19-8-10-21-45(43)47-23-12-24-48(49)52(47)51(41)46/h1-34H. The molecular weight excluding hydrogens is 677 g/mol. The van der Waals surface area contributed by atoms with Gasteiger partial charge in [0.2, 0.25) is 0 Å².